The van der Waals surface area contributed by atoms with Crippen LogP contribution in [-0.4, -0.2) is 23.2 Å². The van der Waals surface area contributed by atoms with Gasteiger partial charge in [-0.2, -0.15) is 0 Å². The molecule has 0 spiro atoms. The molecule has 18 heavy (non-hydrogen) atoms. The number of aliphatic hydroxyl groups excluding tert-OH is 1. The summed E-state index contributed by atoms with van der Waals surface area (Å²) in [7, 11) is 2.07. The maximum Gasteiger partial charge on any atom is 0.129 e. The Hall–Kier alpha value is -1.09. The van der Waals surface area contributed by atoms with Crippen LogP contribution in [0.5, 0.6) is 0 Å². The van der Waals surface area contributed by atoms with Gasteiger partial charge in [0.15, 0.2) is 0 Å². The van der Waals surface area contributed by atoms with E-state index >= 15 is 0 Å². The first-order valence-corrected chi connectivity index (χ1v) is 6.63. The van der Waals surface area contributed by atoms with Crippen LogP contribution in [0.15, 0.2) is 12.1 Å². The summed E-state index contributed by atoms with van der Waals surface area (Å²) in [6, 6.07) is 4.32. The van der Waals surface area contributed by atoms with Crippen molar-refractivity contribution in [3.63, 3.8) is 0 Å². The highest BCUT2D eigenvalue weighted by Gasteiger charge is 2.25. The first-order chi connectivity index (χ1) is 8.29. The van der Waals surface area contributed by atoms with Gasteiger partial charge in [-0.15, -0.1) is 0 Å². The average Bonchev–Trinajstić information content (AvgIpc) is 2.35. The zero-order valence-corrected chi connectivity index (χ0v) is 12.5. The molecule has 1 heterocycles. The van der Waals surface area contributed by atoms with E-state index in [-0.39, 0.29) is 12.0 Å². The number of hydrogen-bond acceptors (Lipinski definition) is 3. The lowest BCUT2D eigenvalue weighted by Crippen LogP contribution is -2.40. The fourth-order valence-electron chi connectivity index (χ4n) is 1.87. The minimum absolute atomic E-state index is 0.0697. The molecule has 0 bridgehead atoms. The molecule has 0 fully saturated rings. The Morgan fingerprint density at radius 3 is 2.39 bits per heavy atom. The molecule has 0 radical (unpaired) electrons. The summed E-state index contributed by atoms with van der Waals surface area (Å²) >= 11 is 0. The molecule has 1 aromatic heterocycles. The van der Waals surface area contributed by atoms with Crippen LogP contribution >= 0.6 is 0 Å². The number of aromatic nitrogens is 1. The number of aryl methyl sites for hydroxylation is 1. The summed E-state index contributed by atoms with van der Waals surface area (Å²) in [5.41, 5.74) is 2.16. The van der Waals surface area contributed by atoms with Gasteiger partial charge in [0.1, 0.15) is 5.82 Å². The maximum absolute atomic E-state index is 9.32. The lowest BCUT2D eigenvalue weighted by molar-refractivity contribution is 0.281. The second-order valence-electron chi connectivity index (χ2n) is 5.99. The Kier molecular flexibility index (Phi) is 4.74. The summed E-state index contributed by atoms with van der Waals surface area (Å²) in [4.78, 5) is 6.84. The van der Waals surface area contributed by atoms with Gasteiger partial charge < -0.3 is 10.0 Å². The van der Waals surface area contributed by atoms with Crippen molar-refractivity contribution in [1.82, 2.24) is 4.98 Å². The van der Waals surface area contributed by atoms with Gasteiger partial charge in [0.25, 0.3) is 0 Å². The van der Waals surface area contributed by atoms with E-state index in [2.05, 4.69) is 51.6 Å². The highest BCUT2D eigenvalue weighted by Crippen LogP contribution is 2.27. The maximum atomic E-state index is 9.32. The van der Waals surface area contributed by atoms with E-state index in [9.17, 15) is 5.11 Å². The molecular weight excluding hydrogens is 224 g/mol. The lowest BCUT2D eigenvalue weighted by Gasteiger charge is -2.36. The molecule has 0 aromatic carbocycles. The Morgan fingerprint density at radius 1 is 1.33 bits per heavy atom. The molecular formula is C15H26N2O. The lowest BCUT2D eigenvalue weighted by atomic mass is 9.87. The number of pyridine rings is 1. The van der Waals surface area contributed by atoms with Gasteiger partial charge in [-0.3, -0.25) is 0 Å². The molecule has 0 saturated carbocycles. The largest absolute Gasteiger partial charge is 0.392 e. The Labute approximate surface area is 111 Å². The zero-order chi connectivity index (χ0) is 13.9. The first-order valence-electron chi connectivity index (χ1n) is 6.63. The van der Waals surface area contributed by atoms with Crippen LogP contribution in [0, 0.1) is 5.41 Å². The van der Waals surface area contributed by atoms with Gasteiger partial charge in [-0.25, -0.2) is 4.98 Å². The highest BCUT2D eigenvalue weighted by molar-refractivity contribution is 5.43. The molecule has 0 aliphatic heterocycles. The predicted molar refractivity (Wildman–Crippen MR) is 76.9 cm³/mol. The van der Waals surface area contributed by atoms with E-state index in [0.717, 1.165) is 23.5 Å². The van der Waals surface area contributed by atoms with E-state index in [1.165, 1.54) is 0 Å². The van der Waals surface area contributed by atoms with E-state index in [0.29, 0.717) is 6.04 Å². The second-order valence-corrected chi connectivity index (χ2v) is 5.99. The quantitative estimate of drug-likeness (QED) is 0.892. The summed E-state index contributed by atoms with van der Waals surface area (Å²) in [6.07, 6.45) is 0.887. The Bertz CT molecular complexity index is 374. The highest BCUT2D eigenvalue weighted by atomic mass is 16.3. The van der Waals surface area contributed by atoms with Gasteiger partial charge in [-0.1, -0.05) is 27.7 Å². The number of rotatable bonds is 4. The van der Waals surface area contributed by atoms with Crippen molar-refractivity contribution < 1.29 is 5.11 Å². The van der Waals surface area contributed by atoms with Crippen molar-refractivity contribution in [1.29, 1.82) is 0 Å². The third-order valence-electron chi connectivity index (χ3n) is 3.67. The fraction of sp³-hybridized carbons (Fsp3) is 0.667. The summed E-state index contributed by atoms with van der Waals surface area (Å²) in [6.45, 7) is 11.0. The van der Waals surface area contributed by atoms with E-state index in [1.807, 2.05) is 12.1 Å². The van der Waals surface area contributed by atoms with Crippen molar-refractivity contribution in [3.8, 4) is 0 Å². The van der Waals surface area contributed by atoms with Crippen LogP contribution in [0.3, 0.4) is 0 Å². The smallest absolute Gasteiger partial charge is 0.129 e. The molecule has 102 valence electrons. The molecule has 0 aliphatic carbocycles. The third-order valence-corrected chi connectivity index (χ3v) is 3.67. The fourth-order valence-corrected chi connectivity index (χ4v) is 1.87. The number of hydrogen-bond donors (Lipinski definition) is 1. The molecule has 1 unspecified atom stereocenters. The van der Waals surface area contributed by atoms with Gasteiger partial charge >= 0.3 is 0 Å². The van der Waals surface area contributed by atoms with Crippen molar-refractivity contribution in [2.75, 3.05) is 11.9 Å². The molecule has 0 aliphatic rings. The van der Waals surface area contributed by atoms with Crippen molar-refractivity contribution >= 4 is 5.82 Å². The van der Waals surface area contributed by atoms with Crippen LogP contribution in [0.2, 0.25) is 0 Å². The minimum Gasteiger partial charge on any atom is -0.392 e. The number of aliphatic hydroxyl groups is 1. The van der Waals surface area contributed by atoms with Crippen LogP contribution in [0.4, 0.5) is 5.82 Å². The van der Waals surface area contributed by atoms with Crippen LogP contribution < -0.4 is 4.90 Å². The third kappa shape index (κ3) is 3.45. The van der Waals surface area contributed by atoms with Crippen LogP contribution in [0.25, 0.3) is 0 Å². The molecule has 1 atom stereocenters. The van der Waals surface area contributed by atoms with E-state index < -0.39 is 0 Å². The van der Waals surface area contributed by atoms with Crippen molar-refractivity contribution in [2.45, 2.75) is 53.7 Å². The molecule has 3 heteroatoms. The van der Waals surface area contributed by atoms with E-state index in [1.54, 1.807) is 0 Å². The van der Waals surface area contributed by atoms with Crippen molar-refractivity contribution in [3.05, 3.63) is 23.4 Å². The number of anilines is 1. The summed E-state index contributed by atoms with van der Waals surface area (Å²) < 4.78 is 0. The Balaban J connectivity index is 3.08. The van der Waals surface area contributed by atoms with Gasteiger partial charge in [0.05, 0.1) is 6.61 Å². The molecule has 0 saturated heterocycles. The molecule has 3 nitrogen and oxygen atoms in total. The molecule has 0 amide bonds. The van der Waals surface area contributed by atoms with Crippen LogP contribution in [-0.2, 0) is 13.0 Å². The van der Waals surface area contributed by atoms with E-state index in [4.69, 9.17) is 0 Å². The summed E-state index contributed by atoms with van der Waals surface area (Å²) in [5, 5.41) is 9.32. The average molecular weight is 250 g/mol. The van der Waals surface area contributed by atoms with Crippen LogP contribution in [0.1, 0.15) is 45.9 Å². The minimum atomic E-state index is 0.0697. The SMILES string of the molecule is CCc1cc(CO)cc(N(C)C(C)C(C)(C)C)n1. The molecule has 1 rings (SSSR count). The number of nitrogens with zero attached hydrogens (tertiary/aromatic N) is 2. The second kappa shape index (κ2) is 5.70. The molecule has 1 aromatic rings. The monoisotopic (exact) mass is 250 g/mol. The zero-order valence-electron chi connectivity index (χ0n) is 12.5. The Morgan fingerprint density at radius 2 is 1.94 bits per heavy atom. The normalized spacial score (nSPS) is 13.5. The van der Waals surface area contributed by atoms with Crippen molar-refractivity contribution in [2.24, 2.45) is 5.41 Å². The molecule has 1 N–H and O–H groups in total. The van der Waals surface area contributed by atoms with Gasteiger partial charge in [0, 0.05) is 18.8 Å². The standard InChI is InChI=1S/C15H26N2O/c1-7-13-8-12(10-18)9-14(16-13)17(6)11(2)15(3,4)5/h8-9,11,18H,7,10H2,1-6H3. The predicted octanol–water partition coefficient (Wildman–Crippen LogP) is 3.01. The topological polar surface area (TPSA) is 36.4 Å². The van der Waals surface area contributed by atoms with Gasteiger partial charge in [-0.05, 0) is 36.5 Å². The summed E-state index contributed by atoms with van der Waals surface area (Å²) in [5.74, 6) is 0.945. The van der Waals surface area contributed by atoms with Gasteiger partial charge in [0.2, 0.25) is 0 Å². The first kappa shape index (κ1) is 15.0.